The number of esters is 2. The van der Waals surface area contributed by atoms with Crippen LogP contribution in [0.2, 0.25) is 0 Å². The molecule has 31 heavy (non-hydrogen) atoms. The fourth-order valence-electron chi connectivity index (χ4n) is 2.27. The molecule has 0 saturated carbocycles. The molecule has 11 heteroatoms. The summed E-state index contributed by atoms with van der Waals surface area (Å²) in [6, 6.07) is 6.64. The van der Waals surface area contributed by atoms with Crippen LogP contribution in [0.3, 0.4) is 0 Å². The number of amides is 1. The van der Waals surface area contributed by atoms with E-state index in [1.165, 1.54) is 4.90 Å². The van der Waals surface area contributed by atoms with Crippen molar-refractivity contribution in [2.24, 2.45) is 0 Å². The van der Waals surface area contributed by atoms with Gasteiger partial charge < -0.3 is 14.4 Å². The molecule has 0 aliphatic rings. The van der Waals surface area contributed by atoms with Crippen LogP contribution in [-0.4, -0.2) is 54.0 Å². The highest BCUT2D eigenvalue weighted by atomic mass is 79.9. The number of carbonyl (C=O) groups excluding carboxylic acids is 4. The number of nitrogens with zero attached hydrogens (tertiary/aromatic N) is 1. The Morgan fingerprint density at radius 1 is 1.00 bits per heavy atom. The van der Waals surface area contributed by atoms with Gasteiger partial charge in [-0.1, -0.05) is 15.9 Å². The Hall–Kier alpha value is -2.17. The van der Waals surface area contributed by atoms with E-state index >= 15 is 0 Å². The molecule has 0 radical (unpaired) electrons. The highest BCUT2D eigenvalue weighted by Gasteiger charge is 2.44. The van der Waals surface area contributed by atoms with Crippen LogP contribution in [0.15, 0.2) is 28.7 Å². The molecule has 2 atom stereocenters. The van der Waals surface area contributed by atoms with Crippen molar-refractivity contribution >= 4 is 57.0 Å². The van der Waals surface area contributed by atoms with Gasteiger partial charge in [-0.15, -0.1) is 11.6 Å². The fourth-order valence-corrected chi connectivity index (χ4v) is 2.71. The van der Waals surface area contributed by atoms with Crippen molar-refractivity contribution in [2.45, 2.75) is 52.4 Å². The van der Waals surface area contributed by atoms with E-state index in [4.69, 9.17) is 30.8 Å². The quantitative estimate of drug-likeness (QED) is 0.211. The second-order valence-corrected chi connectivity index (χ2v) is 8.61. The zero-order valence-corrected chi connectivity index (χ0v) is 20.2. The summed E-state index contributed by atoms with van der Waals surface area (Å²) in [5, 5.41) is 0. The Morgan fingerprint density at radius 2 is 1.52 bits per heavy atom. The van der Waals surface area contributed by atoms with Gasteiger partial charge in [0.15, 0.2) is 0 Å². The first-order chi connectivity index (χ1) is 14.4. The van der Waals surface area contributed by atoms with Gasteiger partial charge in [-0.3, -0.25) is 19.3 Å². The molecule has 0 aliphatic carbocycles. The molecule has 0 unspecified atom stereocenters. The lowest BCUT2D eigenvalue weighted by Gasteiger charge is -2.30. The summed E-state index contributed by atoms with van der Waals surface area (Å²) in [7, 11) is 0. The lowest BCUT2D eigenvalue weighted by molar-refractivity contribution is -0.326. The summed E-state index contributed by atoms with van der Waals surface area (Å²) in [5.74, 6) is -3.77. The third-order valence-electron chi connectivity index (χ3n) is 3.42. The molecule has 0 spiro atoms. The van der Waals surface area contributed by atoms with E-state index in [1.54, 1.807) is 45.0 Å². The fraction of sp³-hybridized carbons (Fsp3) is 0.500. The van der Waals surface area contributed by atoms with Crippen LogP contribution >= 0.6 is 27.5 Å². The molecule has 0 aromatic heterocycles. The number of benzene rings is 1. The first-order valence-corrected chi connectivity index (χ1v) is 10.6. The van der Waals surface area contributed by atoms with Crippen LogP contribution in [-0.2, 0) is 38.4 Å². The second-order valence-electron chi connectivity index (χ2n) is 7.31. The molecule has 9 nitrogen and oxygen atoms in total. The standard InChI is InChI=1S/C20H25BrClNO8/c1-12(24)28-16(17(29-13(2)25)19(27)30-31-20(3,4)5)18(26)23(11-10-22)15-8-6-14(21)7-9-15/h6-9,16-17H,10-11H2,1-5H3/t16-,17-/m1/s1. The molecule has 172 valence electrons. The molecule has 0 saturated heterocycles. The molecule has 0 aliphatic heterocycles. The number of carbonyl (C=O) groups is 4. The van der Waals surface area contributed by atoms with Gasteiger partial charge in [-0.2, -0.15) is 4.89 Å². The van der Waals surface area contributed by atoms with Crippen LogP contribution in [0.25, 0.3) is 0 Å². The van der Waals surface area contributed by atoms with Gasteiger partial charge >= 0.3 is 17.9 Å². The second kappa shape index (κ2) is 12.0. The number of anilines is 1. The Balaban J connectivity index is 3.33. The van der Waals surface area contributed by atoms with Gasteiger partial charge in [0.25, 0.3) is 5.91 Å². The van der Waals surface area contributed by atoms with Crippen LogP contribution in [0.1, 0.15) is 34.6 Å². The van der Waals surface area contributed by atoms with E-state index in [2.05, 4.69) is 15.9 Å². The number of ether oxygens (including phenoxy) is 2. The summed E-state index contributed by atoms with van der Waals surface area (Å²) < 4.78 is 10.8. The SMILES string of the molecule is CC(=O)O[C@@H](C(=O)OOC(C)(C)C)[C@@H](OC(C)=O)C(=O)N(CCCl)c1ccc(Br)cc1. The molecule has 1 aromatic carbocycles. The first kappa shape index (κ1) is 26.9. The van der Waals surface area contributed by atoms with E-state index in [1.807, 2.05) is 0 Å². The molecule has 0 fully saturated rings. The number of alkyl halides is 1. The minimum atomic E-state index is -1.90. The normalized spacial score (nSPS) is 13.0. The zero-order valence-electron chi connectivity index (χ0n) is 17.8. The number of rotatable bonds is 9. The summed E-state index contributed by atoms with van der Waals surface area (Å²) in [5.41, 5.74) is -0.452. The molecule has 1 aromatic rings. The van der Waals surface area contributed by atoms with Crippen molar-refractivity contribution < 1.29 is 38.4 Å². The topological polar surface area (TPSA) is 108 Å². The smallest absolute Gasteiger partial charge is 0.387 e. The lowest BCUT2D eigenvalue weighted by Crippen LogP contribution is -2.52. The monoisotopic (exact) mass is 521 g/mol. The van der Waals surface area contributed by atoms with Crippen molar-refractivity contribution in [3.63, 3.8) is 0 Å². The van der Waals surface area contributed by atoms with Gasteiger partial charge in [-0.05, 0) is 45.0 Å². The van der Waals surface area contributed by atoms with Gasteiger partial charge in [0, 0.05) is 36.4 Å². The molecule has 0 N–H and O–H groups in total. The van der Waals surface area contributed by atoms with Gasteiger partial charge in [-0.25, -0.2) is 4.79 Å². The van der Waals surface area contributed by atoms with Gasteiger partial charge in [0.05, 0.1) is 0 Å². The lowest BCUT2D eigenvalue weighted by atomic mass is 10.1. The maximum Gasteiger partial charge on any atom is 0.387 e. The summed E-state index contributed by atoms with van der Waals surface area (Å²) >= 11 is 9.15. The van der Waals surface area contributed by atoms with Crippen molar-refractivity contribution in [3.8, 4) is 0 Å². The predicted octanol–water partition coefficient (Wildman–Crippen LogP) is 3.16. The molecular formula is C20H25BrClNO8. The number of halogens is 2. The Kier molecular flexibility index (Phi) is 10.4. The third kappa shape index (κ3) is 9.24. The highest BCUT2D eigenvalue weighted by molar-refractivity contribution is 9.10. The van der Waals surface area contributed by atoms with Crippen LogP contribution in [0.5, 0.6) is 0 Å². The van der Waals surface area contributed by atoms with E-state index in [0.29, 0.717) is 5.69 Å². The summed E-state index contributed by atoms with van der Waals surface area (Å²) in [6.07, 6.45) is -3.73. The highest BCUT2D eigenvalue weighted by Crippen LogP contribution is 2.22. The Labute approximate surface area is 194 Å². The summed E-state index contributed by atoms with van der Waals surface area (Å²) in [6.45, 7) is 6.96. The minimum Gasteiger partial charge on any atom is -0.448 e. The predicted molar refractivity (Wildman–Crippen MR) is 115 cm³/mol. The van der Waals surface area contributed by atoms with Crippen LogP contribution in [0.4, 0.5) is 5.69 Å². The van der Waals surface area contributed by atoms with Crippen molar-refractivity contribution in [1.82, 2.24) is 0 Å². The molecular weight excluding hydrogens is 498 g/mol. The van der Waals surface area contributed by atoms with E-state index < -0.39 is 41.6 Å². The van der Waals surface area contributed by atoms with E-state index in [9.17, 15) is 19.2 Å². The van der Waals surface area contributed by atoms with Crippen LogP contribution in [0, 0.1) is 0 Å². The molecule has 0 bridgehead atoms. The van der Waals surface area contributed by atoms with E-state index in [0.717, 1.165) is 18.3 Å². The molecule has 1 rings (SSSR count). The Morgan fingerprint density at radius 3 is 1.97 bits per heavy atom. The van der Waals surface area contributed by atoms with Crippen LogP contribution < -0.4 is 4.90 Å². The maximum atomic E-state index is 13.3. The van der Waals surface area contributed by atoms with Crippen molar-refractivity contribution in [1.29, 1.82) is 0 Å². The third-order valence-corrected chi connectivity index (χ3v) is 4.12. The zero-order chi connectivity index (χ0) is 23.8. The Bertz CT molecular complexity index is 793. The number of hydrogen-bond acceptors (Lipinski definition) is 8. The molecule has 0 heterocycles. The number of hydrogen-bond donors (Lipinski definition) is 0. The maximum absolute atomic E-state index is 13.3. The average molecular weight is 523 g/mol. The van der Waals surface area contributed by atoms with E-state index in [-0.39, 0.29) is 12.4 Å². The minimum absolute atomic E-state index is 0.0279. The first-order valence-electron chi connectivity index (χ1n) is 9.22. The van der Waals surface area contributed by atoms with Gasteiger partial charge in [0.1, 0.15) is 5.60 Å². The van der Waals surface area contributed by atoms with Gasteiger partial charge in [0.2, 0.25) is 12.2 Å². The summed E-state index contributed by atoms with van der Waals surface area (Å²) in [4.78, 5) is 60.1. The average Bonchev–Trinajstić information content (AvgIpc) is 2.66. The van der Waals surface area contributed by atoms with Crippen molar-refractivity contribution in [2.75, 3.05) is 17.3 Å². The molecule has 1 amide bonds. The largest absolute Gasteiger partial charge is 0.448 e. The van der Waals surface area contributed by atoms with Crippen molar-refractivity contribution in [3.05, 3.63) is 28.7 Å².